The molecule has 1 saturated carbocycles. The van der Waals surface area contributed by atoms with Crippen LogP contribution >= 0.6 is 0 Å². The fraction of sp³-hybridized carbons (Fsp3) is 1.00. The Hall–Kier alpha value is 0.0569. The van der Waals surface area contributed by atoms with E-state index >= 15 is 0 Å². The standard InChI is InChI=1S/C22H44O4Si/c1-5-9-15-23-27(24-16-10-6-2,25-17-11-7-3)22(12-8-4)19-13-14-20-21(18-19)26-20/h19-22H,5-18H2,1-4H3. The molecule has 0 aromatic carbocycles. The molecule has 0 radical (unpaired) electrons. The highest BCUT2D eigenvalue weighted by atomic mass is 28.4. The zero-order valence-corrected chi connectivity index (χ0v) is 19.3. The van der Waals surface area contributed by atoms with E-state index in [1.807, 2.05) is 0 Å². The summed E-state index contributed by atoms with van der Waals surface area (Å²) in [5, 5.41) is 0. The summed E-state index contributed by atoms with van der Waals surface area (Å²) < 4.78 is 25.7. The second kappa shape index (κ2) is 12.6. The molecule has 0 N–H and O–H groups in total. The summed E-state index contributed by atoms with van der Waals surface area (Å²) in [6.45, 7) is 11.3. The second-order valence-corrected chi connectivity index (χ2v) is 11.2. The van der Waals surface area contributed by atoms with Crippen molar-refractivity contribution in [1.82, 2.24) is 0 Å². The lowest BCUT2D eigenvalue weighted by atomic mass is 9.85. The zero-order chi connectivity index (χ0) is 19.5. The predicted molar refractivity (Wildman–Crippen MR) is 113 cm³/mol. The third kappa shape index (κ3) is 7.11. The van der Waals surface area contributed by atoms with Gasteiger partial charge in [-0.05, 0) is 50.9 Å². The Morgan fingerprint density at radius 2 is 1.33 bits per heavy atom. The van der Waals surface area contributed by atoms with E-state index in [4.69, 9.17) is 18.0 Å². The van der Waals surface area contributed by atoms with Crippen LogP contribution in [0.15, 0.2) is 0 Å². The monoisotopic (exact) mass is 400 g/mol. The van der Waals surface area contributed by atoms with Crippen LogP contribution in [0.1, 0.15) is 98.3 Å². The van der Waals surface area contributed by atoms with E-state index in [0.29, 0.717) is 23.7 Å². The lowest BCUT2D eigenvalue weighted by Gasteiger charge is -2.40. The van der Waals surface area contributed by atoms with Gasteiger partial charge in [-0.25, -0.2) is 0 Å². The van der Waals surface area contributed by atoms with Gasteiger partial charge in [0.25, 0.3) is 0 Å². The largest absolute Gasteiger partial charge is 0.504 e. The van der Waals surface area contributed by atoms with Crippen molar-refractivity contribution < 1.29 is 18.0 Å². The van der Waals surface area contributed by atoms with Gasteiger partial charge in [-0.1, -0.05) is 53.4 Å². The molecule has 0 aromatic rings. The molecule has 160 valence electrons. The fourth-order valence-electron chi connectivity index (χ4n) is 4.34. The number of unbranched alkanes of at least 4 members (excludes halogenated alkanes) is 3. The Balaban J connectivity index is 2.17. The molecule has 1 aliphatic carbocycles. The maximum Gasteiger partial charge on any atom is 0.504 e. The van der Waals surface area contributed by atoms with Crippen molar-refractivity contribution in [1.29, 1.82) is 0 Å². The number of rotatable bonds is 16. The highest BCUT2D eigenvalue weighted by Gasteiger charge is 2.55. The van der Waals surface area contributed by atoms with E-state index in [-0.39, 0.29) is 0 Å². The molecule has 1 saturated heterocycles. The van der Waals surface area contributed by atoms with Crippen molar-refractivity contribution in [3.05, 3.63) is 0 Å². The van der Waals surface area contributed by atoms with Crippen molar-refractivity contribution >= 4 is 8.80 Å². The molecule has 2 aliphatic rings. The van der Waals surface area contributed by atoms with Gasteiger partial charge in [0.1, 0.15) is 0 Å². The topological polar surface area (TPSA) is 40.2 Å². The average Bonchev–Trinajstić information content (AvgIpc) is 3.45. The maximum absolute atomic E-state index is 6.63. The minimum absolute atomic E-state index is 0.429. The van der Waals surface area contributed by atoms with Crippen molar-refractivity contribution in [2.24, 2.45) is 5.92 Å². The van der Waals surface area contributed by atoms with Crippen molar-refractivity contribution in [3.63, 3.8) is 0 Å². The summed E-state index contributed by atoms with van der Waals surface area (Å²) in [4.78, 5) is 0. The van der Waals surface area contributed by atoms with Crippen LogP contribution in [0.4, 0.5) is 0 Å². The molecule has 4 nitrogen and oxygen atoms in total. The van der Waals surface area contributed by atoms with Crippen LogP contribution in [0.3, 0.4) is 0 Å². The average molecular weight is 401 g/mol. The normalized spacial score (nSPS) is 26.0. The van der Waals surface area contributed by atoms with Crippen molar-refractivity contribution in [2.75, 3.05) is 19.8 Å². The summed E-state index contributed by atoms with van der Waals surface area (Å²) in [5.41, 5.74) is 0.429. The number of fused-ring (bicyclic) bond motifs is 1. The number of hydrogen-bond donors (Lipinski definition) is 0. The van der Waals surface area contributed by atoms with Gasteiger partial charge < -0.3 is 18.0 Å². The van der Waals surface area contributed by atoms with E-state index in [2.05, 4.69) is 27.7 Å². The van der Waals surface area contributed by atoms with E-state index in [1.165, 1.54) is 19.3 Å². The van der Waals surface area contributed by atoms with Gasteiger partial charge in [-0.3, -0.25) is 0 Å². The van der Waals surface area contributed by atoms with E-state index < -0.39 is 8.80 Å². The quantitative estimate of drug-likeness (QED) is 0.178. The molecule has 2 rings (SSSR count). The molecule has 1 heterocycles. The van der Waals surface area contributed by atoms with Crippen molar-refractivity contribution in [2.45, 2.75) is 116 Å². The molecule has 2 fully saturated rings. The maximum atomic E-state index is 6.63. The summed E-state index contributed by atoms with van der Waals surface area (Å²) in [7, 11) is -2.71. The second-order valence-electron chi connectivity index (χ2n) is 8.39. The van der Waals surface area contributed by atoms with Gasteiger partial charge in [0.05, 0.1) is 12.2 Å². The van der Waals surface area contributed by atoms with Crippen LogP contribution in [-0.4, -0.2) is 40.8 Å². The van der Waals surface area contributed by atoms with Gasteiger partial charge in [0.15, 0.2) is 0 Å². The van der Waals surface area contributed by atoms with E-state index in [1.54, 1.807) is 0 Å². The summed E-state index contributed by atoms with van der Waals surface area (Å²) in [5.74, 6) is 0.630. The molecule has 0 amide bonds. The van der Waals surface area contributed by atoms with Crippen LogP contribution < -0.4 is 0 Å². The summed E-state index contributed by atoms with van der Waals surface area (Å²) in [6.07, 6.45) is 13.7. The Morgan fingerprint density at radius 3 is 1.78 bits per heavy atom. The van der Waals surface area contributed by atoms with Crippen LogP contribution in [-0.2, 0) is 18.0 Å². The highest BCUT2D eigenvalue weighted by molar-refractivity contribution is 6.62. The SMILES string of the molecule is CCCCO[Si](OCCCC)(OCCCC)C(CCC)C1CCC2OC2C1. The Kier molecular flexibility index (Phi) is 10.9. The minimum atomic E-state index is -2.71. The third-order valence-corrected chi connectivity index (χ3v) is 9.56. The molecule has 4 atom stereocenters. The minimum Gasteiger partial charge on any atom is -0.373 e. The van der Waals surface area contributed by atoms with Crippen LogP contribution in [0, 0.1) is 5.92 Å². The zero-order valence-electron chi connectivity index (χ0n) is 18.3. The number of ether oxygens (including phenoxy) is 1. The molecule has 0 spiro atoms. The molecule has 27 heavy (non-hydrogen) atoms. The summed E-state index contributed by atoms with van der Waals surface area (Å²) in [6, 6.07) is 0. The van der Waals surface area contributed by atoms with Gasteiger partial charge >= 0.3 is 8.80 Å². The van der Waals surface area contributed by atoms with Crippen LogP contribution in [0.25, 0.3) is 0 Å². The smallest absolute Gasteiger partial charge is 0.373 e. The predicted octanol–water partition coefficient (Wildman–Crippen LogP) is 6.11. The molecule has 0 bridgehead atoms. The van der Waals surface area contributed by atoms with Crippen LogP contribution in [0.5, 0.6) is 0 Å². The highest BCUT2D eigenvalue weighted by Crippen LogP contribution is 2.49. The van der Waals surface area contributed by atoms with Gasteiger partial charge in [-0.2, -0.15) is 0 Å². The Morgan fingerprint density at radius 1 is 0.778 bits per heavy atom. The molecule has 1 aliphatic heterocycles. The third-order valence-electron chi connectivity index (χ3n) is 6.07. The first-order chi connectivity index (χ1) is 13.2. The molecule has 4 unspecified atom stereocenters. The molecular weight excluding hydrogens is 356 g/mol. The van der Waals surface area contributed by atoms with E-state index in [0.717, 1.165) is 71.2 Å². The lowest BCUT2D eigenvalue weighted by molar-refractivity contribution is 0.0362. The Labute approximate surface area is 169 Å². The first-order valence-corrected chi connectivity index (χ1v) is 13.6. The first-order valence-electron chi connectivity index (χ1n) is 11.8. The van der Waals surface area contributed by atoms with Gasteiger partial charge in [0.2, 0.25) is 0 Å². The summed E-state index contributed by atoms with van der Waals surface area (Å²) >= 11 is 0. The number of hydrogen-bond acceptors (Lipinski definition) is 4. The van der Waals surface area contributed by atoms with Crippen molar-refractivity contribution in [3.8, 4) is 0 Å². The first kappa shape index (κ1) is 23.3. The molecular formula is C22H44O4Si. The van der Waals surface area contributed by atoms with Gasteiger partial charge in [0, 0.05) is 25.4 Å². The number of epoxide rings is 1. The Bertz CT molecular complexity index is 366. The fourth-order valence-corrected chi connectivity index (χ4v) is 8.04. The van der Waals surface area contributed by atoms with Gasteiger partial charge in [-0.15, -0.1) is 0 Å². The van der Waals surface area contributed by atoms with E-state index in [9.17, 15) is 0 Å². The molecule has 5 heteroatoms. The lowest BCUT2D eigenvalue weighted by Crippen LogP contribution is -2.53. The van der Waals surface area contributed by atoms with Crippen LogP contribution in [0.2, 0.25) is 5.54 Å². The molecule has 0 aromatic heterocycles.